The minimum absolute atomic E-state index is 0.397. The minimum Gasteiger partial charge on any atom is -0.497 e. The van der Waals surface area contributed by atoms with Crippen LogP contribution in [0.25, 0.3) is 10.9 Å². The smallest absolute Gasteiger partial charge is 0.165 e. The Kier molecular flexibility index (Phi) is 7.27. The van der Waals surface area contributed by atoms with Crippen molar-refractivity contribution in [3.63, 3.8) is 0 Å². The summed E-state index contributed by atoms with van der Waals surface area (Å²) in [6, 6.07) is 15.7. The van der Waals surface area contributed by atoms with Crippen molar-refractivity contribution in [1.82, 2.24) is 20.9 Å². The fraction of sp³-hybridized carbons (Fsp3) is 0.273. The van der Waals surface area contributed by atoms with Gasteiger partial charge in [-0.3, -0.25) is 11.3 Å². The second kappa shape index (κ2) is 10.3. The van der Waals surface area contributed by atoms with Crippen LogP contribution in [0.5, 0.6) is 5.75 Å². The zero-order chi connectivity index (χ0) is 21.3. The molecular weight excluding hydrogens is 378 g/mol. The molecule has 0 bridgehead atoms. The maximum absolute atomic E-state index is 8.84. The lowest BCUT2D eigenvalue weighted by atomic mass is 10.1. The summed E-state index contributed by atoms with van der Waals surface area (Å²) >= 11 is 0. The van der Waals surface area contributed by atoms with Gasteiger partial charge in [0.05, 0.1) is 25.1 Å². The lowest BCUT2D eigenvalue weighted by molar-refractivity contribution is 0.415. The molecule has 3 aromatic rings. The number of nitriles is 1. The first-order valence-corrected chi connectivity index (χ1v) is 9.75. The van der Waals surface area contributed by atoms with E-state index in [0.717, 1.165) is 40.6 Å². The summed E-state index contributed by atoms with van der Waals surface area (Å²) in [6.45, 7) is 2.07. The Morgan fingerprint density at radius 2 is 1.93 bits per heavy atom. The number of methoxy groups -OCH3 is 1. The van der Waals surface area contributed by atoms with Crippen molar-refractivity contribution < 1.29 is 4.74 Å². The van der Waals surface area contributed by atoms with Crippen LogP contribution in [0.4, 0.5) is 5.82 Å². The lowest BCUT2D eigenvalue weighted by Gasteiger charge is -2.10. The van der Waals surface area contributed by atoms with E-state index in [2.05, 4.69) is 24.0 Å². The van der Waals surface area contributed by atoms with E-state index >= 15 is 0 Å². The van der Waals surface area contributed by atoms with Crippen molar-refractivity contribution in [3.05, 3.63) is 59.4 Å². The number of ether oxygens (including phenoxy) is 1. The van der Waals surface area contributed by atoms with Crippen molar-refractivity contribution in [1.29, 1.82) is 5.26 Å². The van der Waals surface area contributed by atoms with Gasteiger partial charge in [0.2, 0.25) is 0 Å². The van der Waals surface area contributed by atoms with E-state index in [1.807, 2.05) is 42.5 Å². The zero-order valence-corrected chi connectivity index (χ0v) is 17.1. The highest BCUT2D eigenvalue weighted by atomic mass is 16.5. The van der Waals surface area contributed by atoms with Gasteiger partial charge in [0, 0.05) is 24.3 Å². The second-order valence-corrected chi connectivity index (χ2v) is 6.75. The average Bonchev–Trinajstić information content (AvgIpc) is 2.75. The van der Waals surface area contributed by atoms with Crippen molar-refractivity contribution >= 4 is 22.6 Å². The fourth-order valence-electron chi connectivity index (χ4n) is 3.07. The number of aliphatic imine (C=N–C) groups is 1. The number of aromatic nitrogens is 2. The predicted molar refractivity (Wildman–Crippen MR) is 117 cm³/mol. The fourth-order valence-corrected chi connectivity index (χ4v) is 3.07. The molecule has 2 aromatic carbocycles. The lowest BCUT2D eigenvalue weighted by Crippen LogP contribution is -2.42. The number of hydrogen-bond acceptors (Lipinski definition) is 7. The first kappa shape index (κ1) is 21.2. The van der Waals surface area contributed by atoms with Gasteiger partial charge in [-0.05, 0) is 29.7 Å². The van der Waals surface area contributed by atoms with Crippen molar-refractivity contribution in [2.75, 3.05) is 7.11 Å². The molecule has 8 heteroatoms. The van der Waals surface area contributed by atoms with Gasteiger partial charge in [-0.2, -0.15) is 10.8 Å². The topological polar surface area (TPSA) is 121 Å². The standard InChI is InChI=1S/C22H25N7O/c1-3-4-20(28-29-24)26-22-18-10-9-17(30-2)14-19(18)25-21(27-22)13-16-7-5-15(6-8-16)11-12-23/h5-10,14,29H,3-4,11,13,24H2,1-2H3,(H,25,26,27,28). The van der Waals surface area contributed by atoms with E-state index in [0.29, 0.717) is 30.3 Å². The highest BCUT2D eigenvalue weighted by molar-refractivity contribution is 5.93. The molecular formula is C22H25N7O. The van der Waals surface area contributed by atoms with Crippen molar-refractivity contribution in [2.45, 2.75) is 32.6 Å². The van der Waals surface area contributed by atoms with E-state index in [4.69, 9.17) is 30.8 Å². The van der Waals surface area contributed by atoms with Crippen molar-refractivity contribution in [2.24, 2.45) is 10.8 Å². The van der Waals surface area contributed by atoms with Gasteiger partial charge in [-0.15, -0.1) is 0 Å². The molecule has 0 atom stereocenters. The Morgan fingerprint density at radius 3 is 2.60 bits per heavy atom. The molecule has 4 N–H and O–H groups in total. The summed E-state index contributed by atoms with van der Waals surface area (Å²) in [6.07, 6.45) is 2.58. The summed E-state index contributed by atoms with van der Waals surface area (Å²) < 4.78 is 5.35. The number of fused-ring (bicyclic) bond motifs is 1. The molecule has 154 valence electrons. The Labute approximate surface area is 175 Å². The van der Waals surface area contributed by atoms with Crippen LogP contribution in [0.15, 0.2) is 47.5 Å². The summed E-state index contributed by atoms with van der Waals surface area (Å²) in [5.74, 6) is 8.06. The van der Waals surface area contributed by atoms with Gasteiger partial charge in [0.15, 0.2) is 5.82 Å². The van der Waals surface area contributed by atoms with E-state index in [1.54, 1.807) is 7.11 Å². The molecule has 0 unspecified atom stereocenters. The number of nitrogens with two attached hydrogens (primary N) is 1. The molecule has 1 aromatic heterocycles. The van der Waals surface area contributed by atoms with Crippen LogP contribution in [0.3, 0.4) is 0 Å². The average molecular weight is 403 g/mol. The minimum atomic E-state index is 0.397. The highest BCUT2D eigenvalue weighted by Crippen LogP contribution is 2.27. The van der Waals surface area contributed by atoms with Crippen LogP contribution in [-0.4, -0.2) is 22.9 Å². The van der Waals surface area contributed by atoms with Crippen LogP contribution in [0, 0.1) is 11.3 Å². The van der Waals surface area contributed by atoms with Gasteiger partial charge in [-0.1, -0.05) is 31.2 Å². The summed E-state index contributed by atoms with van der Waals surface area (Å²) in [4.78, 5) is 14.1. The molecule has 0 saturated carbocycles. The number of rotatable bonds is 8. The first-order valence-electron chi connectivity index (χ1n) is 9.75. The maximum Gasteiger partial charge on any atom is 0.165 e. The molecule has 0 aliphatic heterocycles. The highest BCUT2D eigenvalue weighted by Gasteiger charge is 2.11. The van der Waals surface area contributed by atoms with E-state index < -0.39 is 0 Å². The number of hydrazine groups is 2. The van der Waals surface area contributed by atoms with Crippen LogP contribution < -0.4 is 21.5 Å². The van der Waals surface area contributed by atoms with Crippen LogP contribution in [0.2, 0.25) is 0 Å². The Morgan fingerprint density at radius 1 is 1.17 bits per heavy atom. The second-order valence-electron chi connectivity index (χ2n) is 6.75. The Balaban J connectivity index is 2.03. The normalized spacial score (nSPS) is 11.3. The van der Waals surface area contributed by atoms with Crippen molar-refractivity contribution in [3.8, 4) is 11.8 Å². The van der Waals surface area contributed by atoms with E-state index in [9.17, 15) is 0 Å². The molecule has 0 spiro atoms. The third-order valence-electron chi connectivity index (χ3n) is 4.54. The number of nitrogens with one attached hydrogen (secondary N) is 2. The predicted octanol–water partition coefficient (Wildman–Crippen LogP) is 3.09. The Hall–Kier alpha value is -3.54. The van der Waals surface area contributed by atoms with Gasteiger partial charge >= 0.3 is 0 Å². The third kappa shape index (κ3) is 5.29. The van der Waals surface area contributed by atoms with E-state index in [-0.39, 0.29) is 0 Å². The summed E-state index contributed by atoms with van der Waals surface area (Å²) in [5.41, 5.74) is 8.12. The molecule has 0 saturated heterocycles. The van der Waals surface area contributed by atoms with Crippen LogP contribution >= 0.6 is 0 Å². The first-order chi connectivity index (χ1) is 14.7. The number of nitrogens with zero attached hydrogens (tertiary/aromatic N) is 4. The Bertz CT molecular complexity index is 1060. The number of benzene rings is 2. The molecule has 1 heterocycles. The molecule has 0 aliphatic rings. The van der Waals surface area contributed by atoms with Gasteiger partial charge in [-0.25, -0.2) is 15.0 Å². The molecule has 0 amide bonds. The monoisotopic (exact) mass is 403 g/mol. The molecule has 30 heavy (non-hydrogen) atoms. The molecule has 8 nitrogen and oxygen atoms in total. The molecule has 3 rings (SSSR count). The number of amidine groups is 1. The largest absolute Gasteiger partial charge is 0.497 e. The van der Waals surface area contributed by atoms with Gasteiger partial charge in [0.25, 0.3) is 0 Å². The quantitative estimate of drug-likeness (QED) is 0.229. The summed E-state index contributed by atoms with van der Waals surface area (Å²) in [7, 11) is 1.63. The van der Waals surface area contributed by atoms with Gasteiger partial charge < -0.3 is 4.74 Å². The number of hydrogen-bond donors (Lipinski definition) is 3. The third-order valence-corrected chi connectivity index (χ3v) is 4.54. The molecule has 0 radical (unpaired) electrons. The van der Waals surface area contributed by atoms with Crippen LogP contribution in [0.1, 0.15) is 36.7 Å². The van der Waals surface area contributed by atoms with Crippen LogP contribution in [-0.2, 0) is 12.8 Å². The molecule has 0 fully saturated rings. The summed E-state index contributed by atoms with van der Waals surface area (Å²) in [5, 5.41) is 9.67. The molecule has 0 aliphatic carbocycles. The zero-order valence-electron chi connectivity index (χ0n) is 17.1. The SMILES string of the molecule is CCCC(=Nc1nc(Cc2ccc(CC#N)cc2)nc2cc(OC)ccc12)NNN. The van der Waals surface area contributed by atoms with E-state index in [1.165, 1.54) is 0 Å². The maximum atomic E-state index is 8.84. The van der Waals surface area contributed by atoms with Gasteiger partial charge in [0.1, 0.15) is 17.4 Å².